The van der Waals surface area contributed by atoms with Gasteiger partial charge in [0.2, 0.25) is 5.95 Å². The summed E-state index contributed by atoms with van der Waals surface area (Å²) in [6, 6.07) is 11.8. The molecule has 2 aliphatic rings. The molecule has 7 heteroatoms. The second-order valence-corrected chi connectivity index (χ2v) is 7.97. The molecule has 0 spiro atoms. The summed E-state index contributed by atoms with van der Waals surface area (Å²) in [6.07, 6.45) is 2.87. The number of thiophene rings is 1. The predicted molar refractivity (Wildman–Crippen MR) is 108 cm³/mol. The molecule has 1 aliphatic carbocycles. The van der Waals surface area contributed by atoms with Crippen molar-refractivity contribution in [2.45, 2.75) is 31.7 Å². The van der Waals surface area contributed by atoms with E-state index in [9.17, 15) is 4.79 Å². The molecule has 2 atom stereocenters. The number of hydrogen-bond donors (Lipinski definition) is 1. The summed E-state index contributed by atoms with van der Waals surface area (Å²) >= 11 is 1.71. The zero-order valence-corrected chi connectivity index (χ0v) is 16.3. The third-order valence-electron chi connectivity index (χ3n) is 5.31. The van der Waals surface area contributed by atoms with Crippen LogP contribution in [0.2, 0.25) is 0 Å². The van der Waals surface area contributed by atoms with E-state index in [4.69, 9.17) is 4.74 Å². The molecule has 28 heavy (non-hydrogen) atoms. The summed E-state index contributed by atoms with van der Waals surface area (Å²) in [5, 5.41) is 9.82. The molecule has 1 aliphatic heterocycles. The van der Waals surface area contributed by atoms with Gasteiger partial charge in [-0.2, -0.15) is 10.1 Å². The number of allylic oxidation sites excluding steroid dienone is 2. The van der Waals surface area contributed by atoms with Gasteiger partial charge in [0.1, 0.15) is 18.1 Å². The van der Waals surface area contributed by atoms with Gasteiger partial charge >= 0.3 is 0 Å². The first-order chi connectivity index (χ1) is 13.7. The molecule has 0 saturated heterocycles. The maximum absolute atomic E-state index is 13.2. The average molecular weight is 392 g/mol. The summed E-state index contributed by atoms with van der Waals surface area (Å²) in [6.45, 7) is 2.59. The Balaban J connectivity index is 1.56. The van der Waals surface area contributed by atoms with E-state index in [0.29, 0.717) is 19.0 Å². The maximum atomic E-state index is 13.2. The van der Waals surface area contributed by atoms with Crippen molar-refractivity contribution in [3.05, 3.63) is 69.8 Å². The van der Waals surface area contributed by atoms with Crippen LogP contribution in [-0.2, 0) is 4.79 Å². The van der Waals surface area contributed by atoms with Crippen LogP contribution in [-0.4, -0.2) is 27.2 Å². The van der Waals surface area contributed by atoms with E-state index in [1.807, 2.05) is 37.3 Å². The Morgan fingerprint density at radius 3 is 2.86 bits per heavy atom. The van der Waals surface area contributed by atoms with Gasteiger partial charge < -0.3 is 10.1 Å². The highest BCUT2D eigenvalue weighted by atomic mass is 32.1. The number of ketones is 1. The highest BCUT2D eigenvalue weighted by Crippen LogP contribution is 2.44. The summed E-state index contributed by atoms with van der Waals surface area (Å²) in [5.74, 6) is 1.89. The summed E-state index contributed by atoms with van der Waals surface area (Å²) in [5.41, 5.74) is 2.77. The number of anilines is 1. The van der Waals surface area contributed by atoms with E-state index in [1.54, 1.807) is 16.0 Å². The van der Waals surface area contributed by atoms with Crippen LogP contribution in [0.25, 0.3) is 0 Å². The first kappa shape index (κ1) is 17.2. The Morgan fingerprint density at radius 1 is 1.25 bits per heavy atom. The Bertz CT molecular complexity index is 1040. The molecule has 0 bridgehead atoms. The Morgan fingerprint density at radius 2 is 2.11 bits per heavy atom. The van der Waals surface area contributed by atoms with E-state index < -0.39 is 0 Å². The van der Waals surface area contributed by atoms with Gasteiger partial charge in [-0.25, -0.2) is 4.68 Å². The van der Waals surface area contributed by atoms with Gasteiger partial charge in [-0.3, -0.25) is 4.79 Å². The van der Waals surface area contributed by atoms with E-state index >= 15 is 0 Å². The summed E-state index contributed by atoms with van der Waals surface area (Å²) < 4.78 is 7.36. The lowest BCUT2D eigenvalue weighted by molar-refractivity contribution is -0.116. The molecule has 6 nitrogen and oxygen atoms in total. The lowest BCUT2D eigenvalue weighted by Gasteiger charge is -2.34. The summed E-state index contributed by atoms with van der Waals surface area (Å²) in [4.78, 5) is 18.9. The smallest absolute Gasteiger partial charge is 0.226 e. The average Bonchev–Trinajstić information content (AvgIpc) is 3.39. The third kappa shape index (κ3) is 2.82. The number of carbonyl (C=O) groups is 1. The zero-order valence-electron chi connectivity index (χ0n) is 15.5. The van der Waals surface area contributed by atoms with E-state index in [0.717, 1.165) is 29.0 Å². The molecule has 0 saturated carbocycles. The standard InChI is InChI=1S/C21H20N4O2S/c1-2-27-15-7-5-13(6-8-15)20-19-16(24-21-22-12-23-25(20)21)10-14(11-17(19)26)18-4-3-9-28-18/h3-9,12,14,20H,2,10-11H2,1H3,(H,22,23,24). The van der Waals surface area contributed by atoms with Crippen molar-refractivity contribution in [2.24, 2.45) is 0 Å². The van der Waals surface area contributed by atoms with Crippen LogP contribution < -0.4 is 10.1 Å². The predicted octanol–water partition coefficient (Wildman–Crippen LogP) is 4.15. The van der Waals surface area contributed by atoms with Gasteiger partial charge in [0.05, 0.1) is 6.61 Å². The fourth-order valence-corrected chi connectivity index (χ4v) is 4.93. The van der Waals surface area contributed by atoms with Gasteiger partial charge in [-0.05, 0) is 42.5 Å². The number of nitrogens with zero attached hydrogens (tertiary/aromatic N) is 3. The van der Waals surface area contributed by atoms with Crippen LogP contribution >= 0.6 is 11.3 Å². The number of hydrogen-bond acceptors (Lipinski definition) is 6. The molecule has 5 rings (SSSR count). The van der Waals surface area contributed by atoms with Gasteiger partial charge in [-0.15, -0.1) is 11.3 Å². The number of ether oxygens (including phenoxy) is 1. The number of rotatable bonds is 4. The number of benzene rings is 1. The fourth-order valence-electron chi connectivity index (χ4n) is 4.10. The molecule has 0 amide bonds. The van der Waals surface area contributed by atoms with Crippen molar-refractivity contribution in [1.29, 1.82) is 0 Å². The van der Waals surface area contributed by atoms with Crippen molar-refractivity contribution in [2.75, 3.05) is 11.9 Å². The van der Waals surface area contributed by atoms with Crippen LogP contribution in [0.3, 0.4) is 0 Å². The van der Waals surface area contributed by atoms with Crippen LogP contribution in [0.4, 0.5) is 5.95 Å². The minimum Gasteiger partial charge on any atom is -0.494 e. The van der Waals surface area contributed by atoms with E-state index in [2.05, 4.69) is 26.8 Å². The van der Waals surface area contributed by atoms with Gasteiger partial charge in [0.15, 0.2) is 5.78 Å². The topological polar surface area (TPSA) is 69.0 Å². The molecule has 1 aromatic carbocycles. The van der Waals surface area contributed by atoms with Crippen LogP contribution in [0, 0.1) is 0 Å². The number of aromatic nitrogens is 3. The lowest BCUT2D eigenvalue weighted by Crippen LogP contribution is -2.33. The molecular formula is C21H20N4O2S. The molecule has 0 radical (unpaired) electrons. The highest BCUT2D eigenvalue weighted by molar-refractivity contribution is 7.10. The molecule has 3 aromatic rings. The quantitative estimate of drug-likeness (QED) is 0.722. The first-order valence-electron chi connectivity index (χ1n) is 9.43. The summed E-state index contributed by atoms with van der Waals surface area (Å²) in [7, 11) is 0. The highest BCUT2D eigenvalue weighted by Gasteiger charge is 2.39. The second kappa shape index (κ2) is 6.91. The van der Waals surface area contributed by atoms with Crippen LogP contribution in [0.15, 0.2) is 59.4 Å². The van der Waals surface area contributed by atoms with Crippen LogP contribution in [0.5, 0.6) is 5.75 Å². The fraction of sp³-hybridized carbons (Fsp3) is 0.286. The molecule has 3 heterocycles. The first-order valence-corrected chi connectivity index (χ1v) is 10.3. The molecule has 142 valence electrons. The largest absolute Gasteiger partial charge is 0.494 e. The number of Topliss-reactive ketones (excluding diaryl/α,β-unsaturated/α-hetero) is 1. The molecule has 0 fully saturated rings. The Hall–Kier alpha value is -2.93. The number of fused-ring (bicyclic) bond motifs is 1. The second-order valence-electron chi connectivity index (χ2n) is 6.99. The maximum Gasteiger partial charge on any atom is 0.226 e. The van der Waals surface area contributed by atoms with Crippen molar-refractivity contribution < 1.29 is 9.53 Å². The normalized spacial score (nSPS) is 21.1. The van der Waals surface area contributed by atoms with E-state index in [-0.39, 0.29) is 17.7 Å². The third-order valence-corrected chi connectivity index (χ3v) is 6.35. The van der Waals surface area contributed by atoms with Crippen molar-refractivity contribution in [3.63, 3.8) is 0 Å². The van der Waals surface area contributed by atoms with E-state index in [1.165, 1.54) is 11.2 Å². The van der Waals surface area contributed by atoms with Crippen molar-refractivity contribution in [1.82, 2.24) is 14.8 Å². The molecule has 1 N–H and O–H groups in total. The molecular weight excluding hydrogens is 372 g/mol. The minimum atomic E-state index is -0.263. The van der Waals surface area contributed by atoms with Gasteiger partial charge in [0.25, 0.3) is 0 Å². The number of nitrogens with one attached hydrogen (secondary N) is 1. The SMILES string of the molecule is CCOc1ccc(C2C3=C(CC(c4cccs4)CC3=O)Nc3ncnn32)cc1. The van der Waals surface area contributed by atoms with Gasteiger partial charge in [-0.1, -0.05) is 18.2 Å². The lowest BCUT2D eigenvalue weighted by atomic mass is 9.80. The zero-order chi connectivity index (χ0) is 19.1. The van der Waals surface area contributed by atoms with Crippen molar-refractivity contribution >= 4 is 23.1 Å². The molecule has 2 unspecified atom stereocenters. The van der Waals surface area contributed by atoms with Crippen molar-refractivity contribution in [3.8, 4) is 5.75 Å². The Kier molecular flexibility index (Phi) is 4.24. The van der Waals surface area contributed by atoms with Crippen LogP contribution in [0.1, 0.15) is 42.2 Å². The Labute approximate surface area is 166 Å². The number of carbonyl (C=O) groups excluding carboxylic acids is 1. The molecule has 2 aromatic heterocycles. The minimum absolute atomic E-state index is 0.173. The monoisotopic (exact) mass is 392 g/mol. The van der Waals surface area contributed by atoms with Gasteiger partial charge in [0, 0.05) is 28.5 Å².